The van der Waals surface area contributed by atoms with Crippen LogP contribution in [0.15, 0.2) is 36.4 Å². The molecule has 3 rings (SSSR count). The van der Waals surface area contributed by atoms with E-state index in [4.69, 9.17) is 22.2 Å². The van der Waals surface area contributed by atoms with Crippen molar-refractivity contribution < 1.29 is 9.13 Å². The second-order valence-electron chi connectivity index (χ2n) is 4.42. The molecule has 0 saturated carbocycles. The fourth-order valence-electron chi connectivity index (χ4n) is 2.20. The average molecular weight is 299 g/mol. The zero-order chi connectivity index (χ0) is 15.0. The highest BCUT2D eigenvalue weighted by Crippen LogP contribution is 2.24. The van der Waals surface area contributed by atoms with Crippen LogP contribution in [0.4, 0.5) is 4.39 Å². The van der Waals surface area contributed by atoms with Crippen molar-refractivity contribution in [3.8, 4) is 17.5 Å². The van der Waals surface area contributed by atoms with Gasteiger partial charge in [-0.1, -0.05) is 0 Å². The predicted molar refractivity (Wildman–Crippen MR) is 79.7 cm³/mol. The fourth-order valence-corrected chi connectivity index (χ4v) is 2.52. The lowest BCUT2D eigenvalue weighted by molar-refractivity contribution is 0.415. The Morgan fingerprint density at radius 3 is 2.81 bits per heavy atom. The van der Waals surface area contributed by atoms with Crippen LogP contribution < -0.4 is 4.74 Å². The minimum atomic E-state index is -0.551. The number of fused-ring (bicyclic) bond motifs is 1. The van der Waals surface area contributed by atoms with E-state index in [0.717, 1.165) is 11.0 Å². The second kappa shape index (κ2) is 5.04. The SMILES string of the molecule is COc1ccc2[nH]c(=S)n(-c3ccc(F)c(C#N)c3)c2c1. The van der Waals surface area contributed by atoms with Crippen molar-refractivity contribution in [1.82, 2.24) is 9.55 Å². The molecule has 0 fully saturated rings. The summed E-state index contributed by atoms with van der Waals surface area (Å²) in [6.45, 7) is 0. The van der Waals surface area contributed by atoms with E-state index in [0.29, 0.717) is 16.2 Å². The molecule has 3 aromatic rings. The molecule has 0 saturated heterocycles. The molecule has 0 aliphatic heterocycles. The van der Waals surface area contributed by atoms with Gasteiger partial charge in [0.2, 0.25) is 0 Å². The number of rotatable bonds is 2. The van der Waals surface area contributed by atoms with Crippen molar-refractivity contribution >= 4 is 23.3 Å². The van der Waals surface area contributed by atoms with Gasteiger partial charge in [-0.25, -0.2) is 4.39 Å². The number of aromatic amines is 1. The number of ether oxygens (including phenoxy) is 1. The Morgan fingerprint density at radius 1 is 1.29 bits per heavy atom. The molecule has 0 aliphatic rings. The third kappa shape index (κ3) is 2.18. The van der Waals surface area contributed by atoms with Gasteiger partial charge >= 0.3 is 0 Å². The normalized spacial score (nSPS) is 10.5. The summed E-state index contributed by atoms with van der Waals surface area (Å²) in [5.74, 6) is 0.137. The minimum absolute atomic E-state index is 0.0216. The van der Waals surface area contributed by atoms with Crippen LogP contribution in [0, 0.1) is 21.9 Å². The van der Waals surface area contributed by atoms with Gasteiger partial charge in [-0.2, -0.15) is 5.26 Å². The van der Waals surface area contributed by atoms with E-state index in [1.165, 1.54) is 12.1 Å². The van der Waals surface area contributed by atoms with E-state index >= 15 is 0 Å². The van der Waals surface area contributed by atoms with Crippen LogP contribution in [-0.4, -0.2) is 16.7 Å². The van der Waals surface area contributed by atoms with Crippen molar-refractivity contribution in [3.05, 3.63) is 52.5 Å². The molecule has 0 spiro atoms. The summed E-state index contributed by atoms with van der Waals surface area (Å²) in [6, 6.07) is 11.7. The summed E-state index contributed by atoms with van der Waals surface area (Å²) in [7, 11) is 1.58. The molecule has 0 radical (unpaired) electrons. The summed E-state index contributed by atoms with van der Waals surface area (Å²) < 4.78 is 20.9. The monoisotopic (exact) mass is 299 g/mol. The highest BCUT2D eigenvalue weighted by Gasteiger charge is 2.10. The van der Waals surface area contributed by atoms with Crippen LogP contribution in [-0.2, 0) is 0 Å². The van der Waals surface area contributed by atoms with Crippen LogP contribution in [0.5, 0.6) is 5.75 Å². The van der Waals surface area contributed by atoms with Gasteiger partial charge in [-0.05, 0) is 42.5 Å². The summed E-state index contributed by atoms with van der Waals surface area (Å²) in [6.07, 6.45) is 0. The molecule has 0 unspecified atom stereocenters. The third-order valence-corrected chi connectivity index (χ3v) is 3.50. The Morgan fingerprint density at radius 2 is 2.10 bits per heavy atom. The first-order chi connectivity index (χ1) is 10.1. The Kier molecular flexibility index (Phi) is 3.20. The summed E-state index contributed by atoms with van der Waals surface area (Å²) in [4.78, 5) is 3.07. The van der Waals surface area contributed by atoms with E-state index in [-0.39, 0.29) is 5.56 Å². The van der Waals surface area contributed by atoms with Crippen LogP contribution >= 0.6 is 12.2 Å². The molecule has 1 N–H and O–H groups in total. The van der Waals surface area contributed by atoms with Crippen LogP contribution in [0.1, 0.15) is 5.56 Å². The maximum atomic E-state index is 13.5. The fraction of sp³-hybridized carbons (Fsp3) is 0.0667. The first-order valence-corrected chi connectivity index (χ1v) is 6.53. The molecule has 6 heteroatoms. The minimum Gasteiger partial charge on any atom is -0.497 e. The summed E-state index contributed by atoms with van der Waals surface area (Å²) in [5.41, 5.74) is 2.24. The molecule has 4 nitrogen and oxygen atoms in total. The van der Waals surface area contributed by atoms with E-state index in [2.05, 4.69) is 4.98 Å². The molecule has 0 amide bonds. The average Bonchev–Trinajstić information content (AvgIpc) is 2.82. The van der Waals surface area contributed by atoms with Gasteiger partial charge in [0.25, 0.3) is 0 Å². The topological polar surface area (TPSA) is 53.7 Å². The van der Waals surface area contributed by atoms with Gasteiger partial charge < -0.3 is 9.72 Å². The zero-order valence-electron chi connectivity index (χ0n) is 11.1. The number of benzene rings is 2. The Bertz CT molecular complexity index is 936. The van der Waals surface area contributed by atoms with Gasteiger partial charge in [0.05, 0.1) is 23.7 Å². The number of nitrogens with one attached hydrogen (secondary N) is 1. The molecular weight excluding hydrogens is 289 g/mol. The summed E-state index contributed by atoms with van der Waals surface area (Å²) in [5, 5.41) is 8.95. The van der Waals surface area contributed by atoms with Crippen molar-refractivity contribution in [2.75, 3.05) is 7.11 Å². The van der Waals surface area contributed by atoms with Gasteiger partial charge in [-0.3, -0.25) is 4.57 Å². The number of H-pyrrole nitrogens is 1. The standard InChI is InChI=1S/C15H10FN3OS/c1-20-11-3-5-13-14(7-11)19(15(21)18-13)10-2-4-12(16)9(6-10)8-17/h2-7H,1H3,(H,18,21). The van der Waals surface area contributed by atoms with E-state index < -0.39 is 5.82 Å². The molecule has 0 atom stereocenters. The van der Waals surface area contributed by atoms with Gasteiger partial charge in [0, 0.05) is 11.8 Å². The lowest BCUT2D eigenvalue weighted by atomic mass is 10.2. The van der Waals surface area contributed by atoms with E-state index in [9.17, 15) is 4.39 Å². The molecule has 1 aromatic heterocycles. The van der Waals surface area contributed by atoms with Crippen molar-refractivity contribution in [2.45, 2.75) is 0 Å². The Balaban J connectivity index is 2.32. The second-order valence-corrected chi connectivity index (χ2v) is 4.81. The number of nitriles is 1. The lowest BCUT2D eigenvalue weighted by Crippen LogP contribution is -1.96. The van der Waals surface area contributed by atoms with Gasteiger partial charge in [0.15, 0.2) is 4.77 Å². The smallest absolute Gasteiger partial charge is 0.182 e. The van der Waals surface area contributed by atoms with Gasteiger partial charge in [-0.15, -0.1) is 0 Å². The highest BCUT2D eigenvalue weighted by atomic mass is 32.1. The molecule has 21 heavy (non-hydrogen) atoms. The number of hydrogen-bond acceptors (Lipinski definition) is 3. The predicted octanol–water partition coefficient (Wildman–Crippen LogP) is 3.71. The number of methoxy groups -OCH3 is 1. The van der Waals surface area contributed by atoms with E-state index in [1.54, 1.807) is 17.7 Å². The Hall–Kier alpha value is -2.65. The number of imidazole rings is 1. The number of aromatic nitrogens is 2. The van der Waals surface area contributed by atoms with Gasteiger partial charge in [0.1, 0.15) is 17.6 Å². The van der Waals surface area contributed by atoms with E-state index in [1.807, 2.05) is 24.3 Å². The third-order valence-electron chi connectivity index (χ3n) is 3.22. The number of nitrogens with zero attached hydrogens (tertiary/aromatic N) is 2. The molecule has 104 valence electrons. The maximum Gasteiger partial charge on any atom is 0.182 e. The quantitative estimate of drug-likeness (QED) is 0.734. The first-order valence-electron chi connectivity index (χ1n) is 6.13. The van der Waals surface area contributed by atoms with Crippen LogP contribution in [0.25, 0.3) is 16.7 Å². The van der Waals surface area contributed by atoms with Crippen LogP contribution in [0.2, 0.25) is 0 Å². The van der Waals surface area contributed by atoms with Crippen molar-refractivity contribution in [3.63, 3.8) is 0 Å². The molecular formula is C15H10FN3OS. The first kappa shape index (κ1) is 13.3. The lowest BCUT2D eigenvalue weighted by Gasteiger charge is -2.06. The van der Waals surface area contributed by atoms with Crippen molar-refractivity contribution in [2.24, 2.45) is 0 Å². The largest absolute Gasteiger partial charge is 0.497 e. The molecule has 1 heterocycles. The highest BCUT2D eigenvalue weighted by molar-refractivity contribution is 7.71. The number of hydrogen-bond donors (Lipinski definition) is 1. The summed E-state index contributed by atoms with van der Waals surface area (Å²) >= 11 is 5.32. The zero-order valence-corrected chi connectivity index (χ0v) is 11.9. The van der Waals surface area contributed by atoms with Crippen LogP contribution in [0.3, 0.4) is 0 Å². The van der Waals surface area contributed by atoms with Crippen molar-refractivity contribution in [1.29, 1.82) is 5.26 Å². The maximum absolute atomic E-state index is 13.5. The number of halogens is 1. The molecule has 2 aromatic carbocycles. The molecule has 0 bridgehead atoms. The Labute approximate surface area is 125 Å². The molecule has 0 aliphatic carbocycles.